The normalized spacial score (nSPS) is 26.4. The molecule has 18 heavy (non-hydrogen) atoms. The SMILES string of the molecule is COC1CN(S(=O)(=O)c2ccc(Br)s2)CCC1C. The molecule has 0 radical (unpaired) electrons. The fraction of sp³-hybridized carbons (Fsp3) is 0.636. The molecule has 1 saturated heterocycles. The zero-order chi connectivity index (χ0) is 13.3. The quantitative estimate of drug-likeness (QED) is 0.838. The summed E-state index contributed by atoms with van der Waals surface area (Å²) in [5.41, 5.74) is 0. The summed E-state index contributed by atoms with van der Waals surface area (Å²) >= 11 is 4.54. The van der Waals surface area contributed by atoms with Gasteiger partial charge in [-0.25, -0.2) is 8.42 Å². The van der Waals surface area contributed by atoms with Crippen molar-refractivity contribution in [3.05, 3.63) is 15.9 Å². The minimum absolute atomic E-state index is 0.0167. The van der Waals surface area contributed by atoms with Crippen molar-refractivity contribution in [2.24, 2.45) is 5.92 Å². The highest BCUT2D eigenvalue weighted by Crippen LogP contribution is 2.31. The van der Waals surface area contributed by atoms with Crippen molar-refractivity contribution in [1.29, 1.82) is 0 Å². The number of hydrogen-bond acceptors (Lipinski definition) is 4. The van der Waals surface area contributed by atoms with E-state index in [-0.39, 0.29) is 6.10 Å². The zero-order valence-corrected chi connectivity index (χ0v) is 13.5. The molecule has 0 amide bonds. The number of sulfonamides is 1. The van der Waals surface area contributed by atoms with E-state index in [1.54, 1.807) is 19.2 Å². The number of hydrogen-bond donors (Lipinski definition) is 0. The van der Waals surface area contributed by atoms with Crippen LogP contribution >= 0.6 is 27.3 Å². The second-order valence-corrected chi connectivity index (χ2v) is 9.09. The van der Waals surface area contributed by atoms with Gasteiger partial charge in [0.1, 0.15) is 4.21 Å². The molecule has 7 heteroatoms. The molecule has 0 N–H and O–H groups in total. The van der Waals surface area contributed by atoms with Gasteiger partial charge in [-0.1, -0.05) is 6.92 Å². The second kappa shape index (κ2) is 5.58. The largest absolute Gasteiger partial charge is 0.380 e. The van der Waals surface area contributed by atoms with Crippen LogP contribution in [0.15, 0.2) is 20.1 Å². The van der Waals surface area contributed by atoms with E-state index in [1.807, 2.05) is 0 Å². The van der Waals surface area contributed by atoms with Crippen molar-refractivity contribution >= 4 is 37.3 Å². The summed E-state index contributed by atoms with van der Waals surface area (Å²) < 4.78 is 33.0. The maximum Gasteiger partial charge on any atom is 0.252 e. The lowest BCUT2D eigenvalue weighted by molar-refractivity contribution is 0.0184. The summed E-state index contributed by atoms with van der Waals surface area (Å²) in [6, 6.07) is 3.40. The predicted molar refractivity (Wildman–Crippen MR) is 75.4 cm³/mol. The molecule has 1 fully saturated rings. The molecule has 1 aliphatic rings. The Bertz CT molecular complexity index is 514. The van der Waals surface area contributed by atoms with Crippen LogP contribution in [0.4, 0.5) is 0 Å². The number of methoxy groups -OCH3 is 1. The van der Waals surface area contributed by atoms with Gasteiger partial charge in [-0.3, -0.25) is 0 Å². The second-order valence-electron chi connectivity index (χ2n) is 4.46. The van der Waals surface area contributed by atoms with E-state index in [0.717, 1.165) is 10.2 Å². The summed E-state index contributed by atoms with van der Waals surface area (Å²) in [6.45, 7) is 3.11. The van der Waals surface area contributed by atoms with Crippen molar-refractivity contribution in [3.63, 3.8) is 0 Å². The minimum Gasteiger partial charge on any atom is -0.380 e. The molecule has 0 aliphatic carbocycles. The number of nitrogens with zero attached hydrogens (tertiary/aromatic N) is 1. The van der Waals surface area contributed by atoms with Crippen LogP contribution in [0.5, 0.6) is 0 Å². The highest BCUT2D eigenvalue weighted by molar-refractivity contribution is 9.11. The maximum atomic E-state index is 12.4. The third kappa shape index (κ3) is 2.80. The monoisotopic (exact) mass is 353 g/mol. The molecule has 1 aliphatic heterocycles. The minimum atomic E-state index is -3.37. The van der Waals surface area contributed by atoms with Crippen LogP contribution in [-0.4, -0.2) is 39.0 Å². The van der Waals surface area contributed by atoms with Crippen LogP contribution in [-0.2, 0) is 14.8 Å². The summed E-state index contributed by atoms with van der Waals surface area (Å²) in [7, 11) is -1.73. The first kappa shape index (κ1) is 14.5. The van der Waals surface area contributed by atoms with E-state index in [4.69, 9.17) is 4.74 Å². The van der Waals surface area contributed by atoms with Crippen molar-refractivity contribution in [2.75, 3.05) is 20.2 Å². The molecule has 2 rings (SSSR count). The third-order valence-corrected chi connectivity index (χ3v) is 7.25. The van der Waals surface area contributed by atoms with Crippen LogP contribution in [0.2, 0.25) is 0 Å². The Morgan fingerprint density at radius 3 is 2.78 bits per heavy atom. The Labute approximate surface area is 120 Å². The maximum absolute atomic E-state index is 12.4. The fourth-order valence-corrected chi connectivity index (χ4v) is 5.73. The summed E-state index contributed by atoms with van der Waals surface area (Å²) in [5.74, 6) is 0.400. The van der Waals surface area contributed by atoms with Gasteiger partial charge in [0, 0.05) is 20.2 Å². The number of ether oxygens (including phenoxy) is 1. The van der Waals surface area contributed by atoms with Crippen LogP contribution in [0.1, 0.15) is 13.3 Å². The topological polar surface area (TPSA) is 46.6 Å². The van der Waals surface area contributed by atoms with E-state index in [1.165, 1.54) is 15.6 Å². The zero-order valence-electron chi connectivity index (χ0n) is 10.3. The molecule has 1 aromatic rings. The standard InChI is InChI=1S/C11H16BrNO3S2/c1-8-5-6-13(7-9(8)16-2)18(14,15)11-4-3-10(12)17-11/h3-4,8-9H,5-7H2,1-2H3. The molecule has 2 atom stereocenters. The Morgan fingerprint density at radius 2 is 2.22 bits per heavy atom. The van der Waals surface area contributed by atoms with Gasteiger partial charge in [0.15, 0.2) is 0 Å². The Morgan fingerprint density at radius 1 is 1.50 bits per heavy atom. The lowest BCUT2D eigenvalue weighted by atomic mass is 9.97. The van der Waals surface area contributed by atoms with E-state index in [0.29, 0.717) is 23.2 Å². The Balaban J connectivity index is 2.21. The van der Waals surface area contributed by atoms with Gasteiger partial charge in [-0.2, -0.15) is 4.31 Å². The third-order valence-electron chi connectivity index (χ3n) is 3.30. The average molecular weight is 354 g/mol. The lowest BCUT2D eigenvalue weighted by Crippen LogP contribution is -2.46. The van der Waals surface area contributed by atoms with Gasteiger partial charge in [0.25, 0.3) is 10.0 Å². The van der Waals surface area contributed by atoms with Gasteiger partial charge in [0.2, 0.25) is 0 Å². The summed E-state index contributed by atoms with van der Waals surface area (Å²) in [6.07, 6.45) is 0.821. The fourth-order valence-electron chi connectivity index (χ4n) is 2.09. The number of piperidine rings is 1. The summed E-state index contributed by atoms with van der Waals surface area (Å²) in [4.78, 5) is 0. The first-order valence-corrected chi connectivity index (χ1v) is 8.78. The van der Waals surface area contributed by atoms with E-state index >= 15 is 0 Å². The Hall–Kier alpha value is 0.0500. The molecule has 0 saturated carbocycles. The highest BCUT2D eigenvalue weighted by Gasteiger charge is 2.34. The molecule has 1 aromatic heterocycles. The lowest BCUT2D eigenvalue weighted by Gasteiger charge is -2.35. The van der Waals surface area contributed by atoms with E-state index < -0.39 is 10.0 Å². The summed E-state index contributed by atoms with van der Waals surface area (Å²) in [5, 5.41) is 0. The van der Waals surface area contributed by atoms with Gasteiger partial charge in [-0.05, 0) is 40.4 Å². The average Bonchev–Trinajstić information content (AvgIpc) is 2.77. The van der Waals surface area contributed by atoms with Crippen LogP contribution in [0.25, 0.3) is 0 Å². The van der Waals surface area contributed by atoms with Crippen molar-refractivity contribution in [2.45, 2.75) is 23.7 Å². The number of halogens is 1. The first-order valence-electron chi connectivity index (χ1n) is 5.73. The molecule has 2 heterocycles. The van der Waals surface area contributed by atoms with E-state index in [2.05, 4.69) is 22.9 Å². The van der Waals surface area contributed by atoms with Crippen molar-refractivity contribution in [3.8, 4) is 0 Å². The van der Waals surface area contributed by atoms with Crippen LogP contribution in [0, 0.1) is 5.92 Å². The van der Waals surface area contributed by atoms with Gasteiger partial charge in [0.05, 0.1) is 9.89 Å². The first-order chi connectivity index (χ1) is 8.45. The smallest absolute Gasteiger partial charge is 0.252 e. The predicted octanol–water partition coefficient (Wildman–Crippen LogP) is 2.56. The van der Waals surface area contributed by atoms with Gasteiger partial charge in [-0.15, -0.1) is 11.3 Å². The molecule has 4 nitrogen and oxygen atoms in total. The number of rotatable bonds is 3. The molecule has 102 valence electrons. The number of thiophene rings is 1. The molecule has 0 bridgehead atoms. The Kier molecular flexibility index (Phi) is 4.48. The molecule has 0 aromatic carbocycles. The molecule has 0 spiro atoms. The van der Waals surface area contributed by atoms with Crippen LogP contribution in [0.3, 0.4) is 0 Å². The molecular weight excluding hydrogens is 338 g/mol. The highest BCUT2D eigenvalue weighted by atomic mass is 79.9. The van der Waals surface area contributed by atoms with Crippen LogP contribution < -0.4 is 0 Å². The van der Waals surface area contributed by atoms with Gasteiger partial charge >= 0.3 is 0 Å². The van der Waals surface area contributed by atoms with Crippen molar-refractivity contribution in [1.82, 2.24) is 4.31 Å². The van der Waals surface area contributed by atoms with Gasteiger partial charge < -0.3 is 4.74 Å². The van der Waals surface area contributed by atoms with Crippen molar-refractivity contribution < 1.29 is 13.2 Å². The molecular formula is C11H16BrNO3S2. The molecule has 2 unspecified atom stereocenters. The van der Waals surface area contributed by atoms with E-state index in [9.17, 15) is 8.42 Å².